The van der Waals surface area contributed by atoms with E-state index >= 15 is 0 Å². The van der Waals surface area contributed by atoms with Crippen molar-refractivity contribution in [3.8, 4) is 0 Å². The molecule has 3 heterocycles. The number of anilines is 2. The van der Waals surface area contributed by atoms with Crippen LogP contribution < -0.4 is 10.6 Å². The number of fused-ring (bicyclic) bond motifs is 1. The number of halogens is 1. The fourth-order valence-corrected chi connectivity index (χ4v) is 2.31. The second kappa shape index (κ2) is 3.99. The fourth-order valence-electron chi connectivity index (χ4n) is 1.96. The molecule has 0 unspecified atom stereocenters. The van der Waals surface area contributed by atoms with Crippen LogP contribution in [0.15, 0.2) is 23.1 Å². The van der Waals surface area contributed by atoms with Crippen LogP contribution in [0.2, 0.25) is 0 Å². The summed E-state index contributed by atoms with van der Waals surface area (Å²) < 4.78 is 2.94. The van der Waals surface area contributed by atoms with Crippen LogP contribution in [0.5, 0.6) is 0 Å². The molecule has 7 heteroatoms. The van der Waals surface area contributed by atoms with Gasteiger partial charge in [-0.25, -0.2) is 4.98 Å². The average molecular weight is 295 g/mol. The van der Waals surface area contributed by atoms with Crippen LogP contribution >= 0.6 is 15.9 Å². The summed E-state index contributed by atoms with van der Waals surface area (Å²) in [5.74, 6) is 1.75. The van der Waals surface area contributed by atoms with Crippen molar-refractivity contribution < 1.29 is 0 Å². The van der Waals surface area contributed by atoms with Gasteiger partial charge in [-0.2, -0.15) is 0 Å². The second-order valence-electron chi connectivity index (χ2n) is 3.93. The smallest absolute Gasteiger partial charge is 0.152 e. The topological polar surface area (TPSA) is 72.9 Å². The second-order valence-corrected chi connectivity index (χ2v) is 4.84. The SMILES string of the molecule is Nc1cc(Br)cnc1N1CCn2cnnc2C1. The van der Waals surface area contributed by atoms with Gasteiger partial charge in [-0.05, 0) is 22.0 Å². The zero-order chi connectivity index (χ0) is 11.8. The Labute approximate surface area is 107 Å². The molecule has 3 rings (SSSR count). The molecule has 2 N–H and O–H groups in total. The Morgan fingerprint density at radius 2 is 2.24 bits per heavy atom. The van der Waals surface area contributed by atoms with Crippen LogP contribution in [0.3, 0.4) is 0 Å². The molecule has 0 fully saturated rings. The maximum atomic E-state index is 5.97. The molecule has 0 bridgehead atoms. The first-order valence-corrected chi connectivity index (χ1v) is 6.06. The van der Waals surface area contributed by atoms with E-state index in [0.29, 0.717) is 12.2 Å². The van der Waals surface area contributed by atoms with E-state index in [1.165, 1.54) is 0 Å². The molecule has 0 aromatic carbocycles. The minimum absolute atomic E-state index is 0.673. The van der Waals surface area contributed by atoms with Crippen LogP contribution in [0.25, 0.3) is 0 Å². The molecule has 0 aliphatic carbocycles. The minimum atomic E-state index is 0.673. The van der Waals surface area contributed by atoms with Gasteiger partial charge in [0.05, 0.1) is 12.2 Å². The summed E-state index contributed by atoms with van der Waals surface area (Å²) in [6.07, 6.45) is 3.51. The molecule has 2 aromatic heterocycles. The number of rotatable bonds is 1. The Morgan fingerprint density at radius 1 is 1.35 bits per heavy atom. The molecule has 0 spiro atoms. The summed E-state index contributed by atoms with van der Waals surface area (Å²) >= 11 is 3.35. The van der Waals surface area contributed by atoms with Crippen LogP contribution in [0, 0.1) is 0 Å². The molecule has 17 heavy (non-hydrogen) atoms. The first kappa shape index (κ1) is 10.5. The van der Waals surface area contributed by atoms with Crippen molar-refractivity contribution in [2.75, 3.05) is 17.2 Å². The molecule has 6 nitrogen and oxygen atoms in total. The van der Waals surface area contributed by atoms with Gasteiger partial charge in [0.15, 0.2) is 11.6 Å². The van der Waals surface area contributed by atoms with Gasteiger partial charge in [0, 0.05) is 23.8 Å². The van der Waals surface area contributed by atoms with Crippen LogP contribution in [-0.2, 0) is 13.1 Å². The molecular weight excluding hydrogens is 284 g/mol. The average Bonchev–Trinajstić information content (AvgIpc) is 2.75. The summed E-state index contributed by atoms with van der Waals surface area (Å²) in [6.45, 7) is 2.42. The number of nitrogen functional groups attached to an aromatic ring is 1. The maximum Gasteiger partial charge on any atom is 0.152 e. The maximum absolute atomic E-state index is 5.97. The third-order valence-electron chi connectivity index (χ3n) is 2.80. The number of nitrogens with two attached hydrogens (primary N) is 1. The third kappa shape index (κ3) is 1.86. The van der Waals surface area contributed by atoms with E-state index in [2.05, 4.69) is 36.0 Å². The van der Waals surface area contributed by atoms with Gasteiger partial charge in [0.2, 0.25) is 0 Å². The molecule has 1 aliphatic rings. The Bertz CT molecular complexity index is 551. The molecule has 0 atom stereocenters. The number of hydrogen-bond acceptors (Lipinski definition) is 5. The summed E-state index contributed by atoms with van der Waals surface area (Å²) in [5, 5.41) is 7.97. The van der Waals surface area contributed by atoms with E-state index in [4.69, 9.17) is 5.73 Å². The fraction of sp³-hybridized carbons (Fsp3) is 0.300. The lowest BCUT2D eigenvalue weighted by molar-refractivity contribution is 0.556. The highest BCUT2D eigenvalue weighted by Crippen LogP contribution is 2.26. The van der Waals surface area contributed by atoms with E-state index in [0.717, 1.165) is 29.2 Å². The van der Waals surface area contributed by atoms with E-state index < -0.39 is 0 Å². The van der Waals surface area contributed by atoms with Crippen molar-refractivity contribution in [1.29, 1.82) is 0 Å². The van der Waals surface area contributed by atoms with Crippen molar-refractivity contribution in [3.63, 3.8) is 0 Å². The lowest BCUT2D eigenvalue weighted by Crippen LogP contribution is -2.34. The zero-order valence-corrected chi connectivity index (χ0v) is 10.6. The van der Waals surface area contributed by atoms with Crippen LogP contribution in [0.1, 0.15) is 5.82 Å². The summed E-state index contributed by atoms with van der Waals surface area (Å²) in [5.41, 5.74) is 6.64. The molecular formula is C10H11BrN6. The quantitative estimate of drug-likeness (QED) is 0.851. The van der Waals surface area contributed by atoms with Gasteiger partial charge in [-0.3, -0.25) is 0 Å². The van der Waals surface area contributed by atoms with Gasteiger partial charge < -0.3 is 15.2 Å². The molecule has 0 saturated heterocycles. The zero-order valence-electron chi connectivity index (χ0n) is 9.04. The minimum Gasteiger partial charge on any atom is -0.396 e. The Kier molecular flexibility index (Phi) is 2.47. The summed E-state index contributed by atoms with van der Waals surface area (Å²) in [7, 11) is 0. The van der Waals surface area contributed by atoms with Gasteiger partial charge in [-0.1, -0.05) is 0 Å². The van der Waals surface area contributed by atoms with Crippen molar-refractivity contribution >= 4 is 27.4 Å². The highest BCUT2D eigenvalue weighted by Gasteiger charge is 2.20. The van der Waals surface area contributed by atoms with Crippen molar-refractivity contribution in [3.05, 3.63) is 28.9 Å². The normalized spacial score (nSPS) is 14.8. The summed E-state index contributed by atoms with van der Waals surface area (Å²) in [6, 6.07) is 1.86. The van der Waals surface area contributed by atoms with Crippen LogP contribution in [-0.4, -0.2) is 26.3 Å². The largest absolute Gasteiger partial charge is 0.396 e. The van der Waals surface area contributed by atoms with E-state index in [1.54, 1.807) is 12.5 Å². The van der Waals surface area contributed by atoms with Gasteiger partial charge in [0.25, 0.3) is 0 Å². The standard InChI is InChI=1S/C10H11BrN6/c11-7-3-8(12)10(13-4-7)16-1-2-17-6-14-15-9(17)5-16/h3-4,6H,1-2,5,12H2. The number of hydrogen-bond donors (Lipinski definition) is 1. The van der Waals surface area contributed by atoms with Gasteiger partial charge in [-0.15, -0.1) is 10.2 Å². The van der Waals surface area contributed by atoms with Gasteiger partial charge in [0.1, 0.15) is 6.33 Å². The first-order chi connectivity index (χ1) is 8.24. The Balaban J connectivity index is 1.91. The van der Waals surface area contributed by atoms with Crippen molar-refractivity contribution in [2.45, 2.75) is 13.1 Å². The third-order valence-corrected chi connectivity index (χ3v) is 3.23. The lowest BCUT2D eigenvalue weighted by atomic mass is 10.3. The lowest BCUT2D eigenvalue weighted by Gasteiger charge is -2.28. The number of nitrogens with zero attached hydrogens (tertiary/aromatic N) is 5. The van der Waals surface area contributed by atoms with Crippen molar-refractivity contribution in [1.82, 2.24) is 19.7 Å². The monoisotopic (exact) mass is 294 g/mol. The highest BCUT2D eigenvalue weighted by molar-refractivity contribution is 9.10. The van der Waals surface area contributed by atoms with E-state index in [9.17, 15) is 0 Å². The first-order valence-electron chi connectivity index (χ1n) is 5.26. The van der Waals surface area contributed by atoms with Crippen LogP contribution in [0.4, 0.5) is 11.5 Å². The number of aromatic nitrogens is 4. The van der Waals surface area contributed by atoms with Crippen molar-refractivity contribution in [2.24, 2.45) is 0 Å². The Morgan fingerprint density at radius 3 is 3.06 bits per heavy atom. The predicted molar refractivity (Wildman–Crippen MR) is 67.4 cm³/mol. The molecule has 0 amide bonds. The van der Waals surface area contributed by atoms with Gasteiger partial charge >= 0.3 is 0 Å². The van der Waals surface area contributed by atoms with E-state index in [-0.39, 0.29) is 0 Å². The summed E-state index contributed by atoms with van der Waals surface area (Å²) in [4.78, 5) is 6.47. The highest BCUT2D eigenvalue weighted by atomic mass is 79.9. The predicted octanol–water partition coefficient (Wildman–Crippen LogP) is 1.04. The number of pyridine rings is 1. The van der Waals surface area contributed by atoms with E-state index in [1.807, 2.05) is 10.6 Å². The molecule has 1 aliphatic heterocycles. The Hall–Kier alpha value is -1.63. The molecule has 0 saturated carbocycles. The molecule has 2 aromatic rings. The molecule has 88 valence electrons. The molecule has 0 radical (unpaired) electrons.